The Morgan fingerprint density at radius 1 is 0.648 bits per heavy atom. The highest BCUT2D eigenvalue weighted by Gasteiger charge is 2.51. The van der Waals surface area contributed by atoms with Crippen molar-refractivity contribution in [1.29, 1.82) is 0 Å². The second-order valence-electron chi connectivity index (χ2n) is 14.7. The molecule has 0 aromatic carbocycles. The molecule has 1 fully saturated rings. The highest BCUT2D eigenvalue weighted by molar-refractivity contribution is 7.47. The number of aliphatic hydroxyl groups is 7. The van der Waals surface area contributed by atoms with Crippen LogP contribution in [0.5, 0.6) is 0 Å². The van der Waals surface area contributed by atoms with E-state index in [1.165, 1.54) is 70.3 Å². The normalized spacial score (nSPS) is 25.0. The van der Waals surface area contributed by atoms with Gasteiger partial charge in [-0.15, -0.1) is 0 Å². The summed E-state index contributed by atoms with van der Waals surface area (Å²) in [5.74, 6) is -0.641. The number of nitrogens with one attached hydrogen (secondary N) is 1. The summed E-state index contributed by atoms with van der Waals surface area (Å²) in [5, 5.41) is 73.9. The summed E-state index contributed by atoms with van der Waals surface area (Å²) in [4.78, 5) is 23.2. The van der Waals surface area contributed by atoms with Crippen LogP contribution in [0.2, 0.25) is 0 Å². The minimum atomic E-state index is -5.15. The SMILES string of the molecule is CCCCCC/C=C\CC(O)CC(=O)NC(COP(=O)(O)OC1C(O)C(O)C(O)C(O)C1O)C(O)/C=C/CC/C=C/CCCCCCCCCCCCC. The van der Waals surface area contributed by atoms with Crippen molar-refractivity contribution >= 4 is 13.7 Å². The molecular weight excluding hydrogens is 717 g/mol. The molecule has 0 radical (unpaired) electrons. The highest BCUT2D eigenvalue weighted by atomic mass is 31.2. The summed E-state index contributed by atoms with van der Waals surface area (Å²) in [6, 6.07) is -1.27. The summed E-state index contributed by atoms with van der Waals surface area (Å²) in [7, 11) is -5.15. The number of aliphatic hydroxyl groups excluding tert-OH is 7. The largest absolute Gasteiger partial charge is 0.472 e. The maximum absolute atomic E-state index is 12.8. The van der Waals surface area contributed by atoms with Crippen molar-refractivity contribution in [3.8, 4) is 0 Å². The van der Waals surface area contributed by atoms with Gasteiger partial charge in [0.05, 0.1) is 31.3 Å². The van der Waals surface area contributed by atoms with Crippen molar-refractivity contribution in [3.63, 3.8) is 0 Å². The van der Waals surface area contributed by atoms with Crippen LogP contribution >= 0.6 is 7.82 Å². The highest BCUT2D eigenvalue weighted by Crippen LogP contribution is 2.47. The fraction of sp³-hybridized carbons (Fsp3) is 0.825. The van der Waals surface area contributed by atoms with E-state index in [4.69, 9.17) is 9.05 Å². The Balaban J connectivity index is 2.65. The number of phosphoric ester groups is 1. The molecule has 0 heterocycles. The summed E-state index contributed by atoms with van der Waals surface area (Å²) in [5.41, 5.74) is 0. The van der Waals surface area contributed by atoms with Gasteiger partial charge in [0.15, 0.2) is 0 Å². The van der Waals surface area contributed by atoms with Crippen molar-refractivity contribution in [1.82, 2.24) is 5.32 Å². The van der Waals surface area contributed by atoms with Crippen LogP contribution in [0, 0.1) is 0 Å². The molecule has 0 spiro atoms. The van der Waals surface area contributed by atoms with Gasteiger partial charge in [0, 0.05) is 0 Å². The predicted molar refractivity (Wildman–Crippen MR) is 210 cm³/mol. The lowest BCUT2D eigenvalue weighted by Gasteiger charge is -2.41. The number of allylic oxidation sites excluding steroid dienone is 4. The zero-order chi connectivity index (χ0) is 40.2. The molecule has 54 heavy (non-hydrogen) atoms. The average molecular weight is 792 g/mol. The lowest BCUT2D eigenvalue weighted by molar-refractivity contribution is -0.220. The number of hydrogen-bond acceptors (Lipinski definition) is 11. The van der Waals surface area contributed by atoms with E-state index in [0.717, 1.165) is 51.4 Å². The number of amides is 1. The Morgan fingerprint density at radius 2 is 1.09 bits per heavy atom. The molecule has 8 unspecified atom stereocenters. The number of rotatable bonds is 32. The molecule has 1 amide bonds. The predicted octanol–water partition coefficient (Wildman–Crippen LogP) is 5.41. The molecule has 316 valence electrons. The van der Waals surface area contributed by atoms with Gasteiger partial charge in [0.2, 0.25) is 5.91 Å². The summed E-state index contributed by atoms with van der Waals surface area (Å²) in [6.45, 7) is 3.62. The fourth-order valence-electron chi connectivity index (χ4n) is 6.25. The van der Waals surface area contributed by atoms with Crippen LogP contribution < -0.4 is 5.32 Å². The molecule has 1 rings (SSSR count). The molecule has 1 aliphatic carbocycles. The molecule has 1 saturated carbocycles. The molecule has 9 N–H and O–H groups in total. The minimum Gasteiger partial charge on any atom is -0.392 e. The van der Waals surface area contributed by atoms with E-state index in [2.05, 4.69) is 31.3 Å². The second kappa shape index (κ2) is 30.6. The molecular formula is C40H74NO12P. The third-order valence-corrected chi connectivity index (χ3v) is 10.7. The van der Waals surface area contributed by atoms with Gasteiger partial charge in [0.25, 0.3) is 0 Å². The lowest BCUT2D eigenvalue weighted by Crippen LogP contribution is -2.64. The minimum absolute atomic E-state index is 0.246. The second-order valence-corrected chi connectivity index (χ2v) is 16.1. The van der Waals surface area contributed by atoms with Gasteiger partial charge in [-0.25, -0.2) is 4.57 Å². The molecule has 13 nitrogen and oxygen atoms in total. The molecule has 14 heteroatoms. The van der Waals surface area contributed by atoms with Gasteiger partial charge in [-0.1, -0.05) is 134 Å². The molecule has 0 aromatic rings. The van der Waals surface area contributed by atoms with Crippen LogP contribution in [0.3, 0.4) is 0 Å². The van der Waals surface area contributed by atoms with E-state index in [1.807, 2.05) is 12.2 Å². The molecule has 0 aliphatic heterocycles. The van der Waals surface area contributed by atoms with Gasteiger partial charge in [-0.3, -0.25) is 13.8 Å². The third-order valence-electron chi connectivity index (χ3n) is 9.70. The lowest BCUT2D eigenvalue weighted by atomic mass is 9.85. The van der Waals surface area contributed by atoms with Crippen molar-refractivity contribution in [2.45, 2.75) is 204 Å². The van der Waals surface area contributed by atoms with E-state index in [-0.39, 0.29) is 12.8 Å². The van der Waals surface area contributed by atoms with Crippen LogP contribution in [0.25, 0.3) is 0 Å². The molecule has 0 saturated heterocycles. The van der Waals surface area contributed by atoms with Crippen LogP contribution in [0.4, 0.5) is 0 Å². The number of carbonyl (C=O) groups is 1. The monoisotopic (exact) mass is 791 g/mol. The smallest absolute Gasteiger partial charge is 0.392 e. The Bertz CT molecular complexity index is 1080. The van der Waals surface area contributed by atoms with E-state index in [0.29, 0.717) is 6.42 Å². The van der Waals surface area contributed by atoms with E-state index >= 15 is 0 Å². The third kappa shape index (κ3) is 22.9. The van der Waals surface area contributed by atoms with E-state index in [1.54, 1.807) is 6.08 Å². The Labute approximate surface area is 324 Å². The zero-order valence-corrected chi connectivity index (χ0v) is 33.8. The first-order valence-electron chi connectivity index (χ1n) is 20.5. The topological polar surface area (TPSA) is 226 Å². The molecule has 0 aromatic heterocycles. The standard InChI is InChI=1S/C40H74NO12P/c1-3-5-7-9-11-12-13-14-15-16-17-18-19-20-22-24-26-28-33(43)32(41-34(44)29-31(42)27-25-23-21-10-8-6-4-2)30-52-54(50,51)53-40-38(48)36(46)35(45)37(47)39(40)49/h19-20,23,25-26,28,31-33,35-40,42-43,45-49H,3-18,21-22,24,27,29-30H2,1-2H3,(H,41,44)(H,50,51)/b20-19+,25-23-,28-26+. The molecule has 0 bridgehead atoms. The first-order valence-corrected chi connectivity index (χ1v) is 22.0. The molecule has 8 atom stereocenters. The summed E-state index contributed by atoms with van der Waals surface area (Å²) >= 11 is 0. The van der Waals surface area contributed by atoms with Gasteiger partial charge in [-0.05, 0) is 44.9 Å². The van der Waals surface area contributed by atoms with Gasteiger partial charge in [-0.2, -0.15) is 0 Å². The van der Waals surface area contributed by atoms with Crippen molar-refractivity contribution in [3.05, 3.63) is 36.5 Å². The van der Waals surface area contributed by atoms with Crippen molar-refractivity contribution in [2.75, 3.05) is 6.61 Å². The Morgan fingerprint density at radius 3 is 1.65 bits per heavy atom. The first-order chi connectivity index (χ1) is 25.8. The van der Waals surface area contributed by atoms with Crippen molar-refractivity contribution in [2.24, 2.45) is 0 Å². The fourth-order valence-corrected chi connectivity index (χ4v) is 7.22. The van der Waals surface area contributed by atoms with Crippen molar-refractivity contribution < 1.29 is 59.0 Å². The van der Waals surface area contributed by atoms with Crippen LogP contribution in [-0.4, -0.2) is 108 Å². The van der Waals surface area contributed by atoms with E-state index < -0.39 is 75.2 Å². The number of hydrogen-bond donors (Lipinski definition) is 9. The Hall–Kier alpha value is -1.48. The van der Waals surface area contributed by atoms with Crippen LogP contribution in [-0.2, 0) is 18.4 Å². The van der Waals surface area contributed by atoms with Crippen LogP contribution in [0.15, 0.2) is 36.5 Å². The average Bonchev–Trinajstić information content (AvgIpc) is 3.14. The van der Waals surface area contributed by atoms with Gasteiger partial charge >= 0.3 is 7.82 Å². The van der Waals surface area contributed by atoms with Gasteiger partial charge < -0.3 is 46.0 Å². The van der Waals surface area contributed by atoms with Gasteiger partial charge in [0.1, 0.15) is 36.6 Å². The van der Waals surface area contributed by atoms with Crippen LogP contribution in [0.1, 0.15) is 149 Å². The maximum Gasteiger partial charge on any atom is 0.472 e. The number of phosphoric acid groups is 1. The molecule has 1 aliphatic rings. The first kappa shape index (κ1) is 50.5. The summed E-state index contributed by atoms with van der Waals surface area (Å²) in [6.07, 6.45) is 18.6. The summed E-state index contributed by atoms with van der Waals surface area (Å²) < 4.78 is 22.7. The Kier molecular flexibility index (Phi) is 28.7. The quantitative estimate of drug-likeness (QED) is 0.0237. The maximum atomic E-state index is 12.8. The number of carbonyl (C=O) groups excluding carboxylic acids is 1. The van der Waals surface area contributed by atoms with E-state index in [9.17, 15) is 50.0 Å². The zero-order valence-electron chi connectivity index (χ0n) is 32.9. The number of unbranched alkanes of at least 4 members (excludes halogenated alkanes) is 16.